The Morgan fingerprint density at radius 1 is 1.00 bits per heavy atom. The Kier molecular flexibility index (Phi) is 11.4. The molecule has 6 heteroatoms. The second kappa shape index (κ2) is 13.2. The fourth-order valence-electron chi connectivity index (χ4n) is 2.13. The van der Waals surface area contributed by atoms with Crippen molar-refractivity contribution in [1.29, 1.82) is 0 Å². The van der Waals surface area contributed by atoms with Crippen molar-refractivity contribution in [1.82, 2.24) is 0 Å². The van der Waals surface area contributed by atoms with E-state index in [1.807, 2.05) is 36.4 Å². The summed E-state index contributed by atoms with van der Waals surface area (Å²) in [6.45, 7) is 3.60. The van der Waals surface area contributed by atoms with Crippen LogP contribution in [0.5, 0.6) is 0 Å². The fraction of sp³-hybridized carbons (Fsp3) is 0.556. The number of methoxy groups -OCH3 is 2. The summed E-state index contributed by atoms with van der Waals surface area (Å²) >= 11 is 0. The summed E-state index contributed by atoms with van der Waals surface area (Å²) in [4.78, 5) is 0. The van der Waals surface area contributed by atoms with Crippen molar-refractivity contribution in [2.75, 3.05) is 34.5 Å². The van der Waals surface area contributed by atoms with Gasteiger partial charge in [0.2, 0.25) is 0 Å². The van der Waals surface area contributed by atoms with Crippen LogP contribution in [-0.2, 0) is 30.1 Å². The smallest absolute Gasteiger partial charge is 0.416 e. The number of ether oxygens (including phenoxy) is 3. The first kappa shape index (κ1) is 20.9. The van der Waals surface area contributed by atoms with E-state index in [0.29, 0.717) is 19.8 Å². The summed E-state index contributed by atoms with van der Waals surface area (Å²) in [6, 6.07) is 10.1. The molecule has 0 saturated carbocycles. The van der Waals surface area contributed by atoms with Crippen LogP contribution in [0.25, 0.3) is 0 Å². The van der Waals surface area contributed by atoms with Crippen molar-refractivity contribution in [2.45, 2.75) is 25.7 Å². The molecule has 0 aromatic heterocycles. The Morgan fingerprint density at radius 2 is 1.75 bits per heavy atom. The summed E-state index contributed by atoms with van der Waals surface area (Å²) in [5, 5.41) is 0. The Balaban J connectivity index is 2.38. The highest BCUT2D eigenvalue weighted by atomic mass is 16.6. The van der Waals surface area contributed by atoms with Crippen molar-refractivity contribution in [3.8, 4) is 0 Å². The maximum absolute atomic E-state index is 5.77. The zero-order valence-corrected chi connectivity index (χ0v) is 15.0. The lowest BCUT2D eigenvalue weighted by molar-refractivity contribution is -0.0153. The van der Waals surface area contributed by atoms with E-state index >= 15 is 0 Å². The normalized spacial score (nSPS) is 15.3. The van der Waals surface area contributed by atoms with Crippen LogP contribution in [0.1, 0.15) is 12.5 Å². The number of hydrogen-bond donors (Lipinski definition) is 0. The standard InChI is InChI=1S/C18H28BO5/c1-15(10-11-17(20-2)13-24-19-22-4)18(21-3)14-23-12-16-8-6-5-7-9-16/h5-11,15,17-18H,12-14H2,1-4H3/b11-10+/t15-,17-,18-/m0/s1. The largest absolute Gasteiger partial charge is 0.487 e. The third kappa shape index (κ3) is 8.61. The molecule has 1 radical (unpaired) electrons. The zero-order chi connectivity index (χ0) is 17.6. The van der Waals surface area contributed by atoms with E-state index in [1.165, 1.54) is 7.69 Å². The van der Waals surface area contributed by atoms with Crippen LogP contribution in [0.4, 0.5) is 0 Å². The summed E-state index contributed by atoms with van der Waals surface area (Å²) in [7, 11) is 6.18. The van der Waals surface area contributed by atoms with Crippen LogP contribution >= 0.6 is 0 Å². The van der Waals surface area contributed by atoms with Gasteiger partial charge in [-0.25, -0.2) is 0 Å². The van der Waals surface area contributed by atoms with Gasteiger partial charge >= 0.3 is 7.69 Å². The van der Waals surface area contributed by atoms with Gasteiger partial charge in [-0.2, -0.15) is 0 Å². The molecule has 0 unspecified atom stereocenters. The fourth-order valence-corrected chi connectivity index (χ4v) is 2.13. The van der Waals surface area contributed by atoms with E-state index in [4.69, 9.17) is 23.5 Å². The highest BCUT2D eigenvalue weighted by molar-refractivity contribution is 6.17. The van der Waals surface area contributed by atoms with Crippen LogP contribution < -0.4 is 0 Å². The first-order valence-corrected chi connectivity index (χ1v) is 8.02. The Labute approximate surface area is 146 Å². The molecular weight excluding hydrogens is 307 g/mol. The van der Waals surface area contributed by atoms with Gasteiger partial charge in [-0.15, -0.1) is 0 Å². The van der Waals surface area contributed by atoms with E-state index in [0.717, 1.165) is 5.56 Å². The summed E-state index contributed by atoms with van der Waals surface area (Å²) in [6.07, 6.45) is 3.87. The predicted molar refractivity (Wildman–Crippen MR) is 94.7 cm³/mol. The van der Waals surface area contributed by atoms with Gasteiger partial charge < -0.3 is 23.5 Å². The monoisotopic (exact) mass is 335 g/mol. The molecule has 133 valence electrons. The van der Waals surface area contributed by atoms with Gasteiger partial charge in [0.05, 0.1) is 32.0 Å². The Bertz CT molecular complexity index is 440. The molecular formula is C18H28BO5. The molecule has 0 bridgehead atoms. The van der Waals surface area contributed by atoms with Crippen molar-refractivity contribution in [2.24, 2.45) is 5.92 Å². The maximum Gasteiger partial charge on any atom is 0.487 e. The van der Waals surface area contributed by atoms with Gasteiger partial charge in [0.1, 0.15) is 0 Å². The van der Waals surface area contributed by atoms with E-state index in [9.17, 15) is 0 Å². The van der Waals surface area contributed by atoms with Crippen molar-refractivity contribution >= 4 is 7.69 Å². The summed E-state index contributed by atoms with van der Waals surface area (Å²) in [5.74, 6) is 0.190. The van der Waals surface area contributed by atoms with Crippen LogP contribution in [-0.4, -0.2) is 54.4 Å². The molecule has 0 aliphatic rings. The highest BCUT2D eigenvalue weighted by Gasteiger charge is 2.15. The van der Waals surface area contributed by atoms with Gasteiger partial charge in [0.25, 0.3) is 0 Å². The molecule has 3 atom stereocenters. The van der Waals surface area contributed by atoms with E-state index in [-0.39, 0.29) is 18.1 Å². The van der Waals surface area contributed by atoms with E-state index < -0.39 is 0 Å². The highest BCUT2D eigenvalue weighted by Crippen LogP contribution is 2.12. The van der Waals surface area contributed by atoms with Crippen molar-refractivity contribution < 1.29 is 23.5 Å². The molecule has 5 nitrogen and oxygen atoms in total. The molecule has 0 aliphatic heterocycles. The SMILES string of the molecule is CO[B]OC[C@H](/C=C/[C@H](C)[C@H](COCc1ccccc1)OC)OC. The van der Waals surface area contributed by atoms with Crippen LogP contribution in [0.2, 0.25) is 0 Å². The molecule has 0 amide bonds. The number of rotatable bonds is 13. The second-order valence-corrected chi connectivity index (χ2v) is 5.46. The zero-order valence-electron chi connectivity index (χ0n) is 15.0. The van der Waals surface area contributed by atoms with Crippen molar-refractivity contribution in [3.63, 3.8) is 0 Å². The average Bonchev–Trinajstić information content (AvgIpc) is 2.62. The molecule has 0 fully saturated rings. The second-order valence-electron chi connectivity index (χ2n) is 5.46. The van der Waals surface area contributed by atoms with E-state index in [2.05, 4.69) is 13.0 Å². The molecule has 1 rings (SSSR count). The minimum absolute atomic E-state index is 0.0195. The third-order valence-electron chi connectivity index (χ3n) is 3.64. The Morgan fingerprint density at radius 3 is 2.38 bits per heavy atom. The van der Waals surface area contributed by atoms with Crippen LogP contribution in [0.3, 0.4) is 0 Å². The van der Waals surface area contributed by atoms with E-state index in [1.54, 1.807) is 21.3 Å². The molecule has 0 spiro atoms. The van der Waals surface area contributed by atoms with Gasteiger partial charge in [0, 0.05) is 27.2 Å². The molecule has 1 aromatic carbocycles. The van der Waals surface area contributed by atoms with Crippen molar-refractivity contribution in [3.05, 3.63) is 48.0 Å². The molecule has 1 aromatic rings. The lowest BCUT2D eigenvalue weighted by atomic mass is 10.0. The summed E-state index contributed by atoms with van der Waals surface area (Å²) in [5.41, 5.74) is 1.15. The van der Waals surface area contributed by atoms with Gasteiger partial charge in [-0.3, -0.25) is 0 Å². The average molecular weight is 335 g/mol. The maximum atomic E-state index is 5.77. The number of hydrogen-bond acceptors (Lipinski definition) is 5. The lowest BCUT2D eigenvalue weighted by Gasteiger charge is -2.21. The first-order valence-electron chi connectivity index (χ1n) is 8.02. The molecule has 0 N–H and O–H groups in total. The topological polar surface area (TPSA) is 46.2 Å². The quantitative estimate of drug-likeness (QED) is 0.315. The molecule has 24 heavy (non-hydrogen) atoms. The molecule has 0 aliphatic carbocycles. The number of benzene rings is 1. The minimum atomic E-state index is -0.137. The first-order chi connectivity index (χ1) is 11.7. The molecule has 0 saturated heterocycles. The van der Waals surface area contributed by atoms with Gasteiger partial charge in [0.15, 0.2) is 0 Å². The van der Waals surface area contributed by atoms with Crippen LogP contribution in [0, 0.1) is 5.92 Å². The predicted octanol–water partition coefficient (Wildman–Crippen LogP) is 2.62. The molecule has 0 heterocycles. The van der Waals surface area contributed by atoms with Crippen LogP contribution in [0.15, 0.2) is 42.5 Å². The lowest BCUT2D eigenvalue weighted by Crippen LogP contribution is -2.26. The Hall–Kier alpha value is -1.18. The van der Waals surface area contributed by atoms with Gasteiger partial charge in [-0.05, 0) is 5.56 Å². The third-order valence-corrected chi connectivity index (χ3v) is 3.64. The minimum Gasteiger partial charge on any atom is -0.416 e. The van der Waals surface area contributed by atoms with Gasteiger partial charge in [-0.1, -0.05) is 49.4 Å². The summed E-state index contributed by atoms with van der Waals surface area (Å²) < 4.78 is 26.6.